The van der Waals surface area contributed by atoms with Gasteiger partial charge in [0.25, 0.3) is 0 Å². The molecule has 1 heterocycles. The first-order chi connectivity index (χ1) is 9.38. The van der Waals surface area contributed by atoms with Gasteiger partial charge in [0, 0.05) is 0 Å². The third kappa shape index (κ3) is 4.61. The third-order valence-electron chi connectivity index (χ3n) is 2.85. The summed E-state index contributed by atoms with van der Waals surface area (Å²) >= 11 is 0. The van der Waals surface area contributed by atoms with Gasteiger partial charge < -0.3 is 4.74 Å². The van der Waals surface area contributed by atoms with E-state index in [0.29, 0.717) is 0 Å². The highest BCUT2D eigenvalue weighted by Crippen LogP contribution is 2.16. The van der Waals surface area contributed by atoms with Crippen molar-refractivity contribution in [3.05, 3.63) is 11.4 Å². The minimum Gasteiger partial charge on any atom is -0.461 e. The Kier molecular flexibility index (Phi) is 6.15. The first-order valence-corrected chi connectivity index (χ1v) is 8.17. The van der Waals surface area contributed by atoms with Crippen LogP contribution in [0.25, 0.3) is 0 Å². The number of primary sulfonamides is 1. The van der Waals surface area contributed by atoms with Crippen LogP contribution in [0.3, 0.4) is 0 Å². The van der Waals surface area contributed by atoms with E-state index < -0.39 is 16.0 Å². The van der Waals surface area contributed by atoms with Crippen molar-refractivity contribution in [2.45, 2.75) is 50.8 Å². The fourth-order valence-electron chi connectivity index (χ4n) is 1.84. The number of nitrogens with one attached hydrogen (secondary N) is 1. The number of carbonyl (C=O) groups excluding carboxylic acids is 1. The number of hydrogen-bond donors (Lipinski definition) is 2. The van der Waals surface area contributed by atoms with E-state index in [-0.39, 0.29) is 22.9 Å². The number of carbonyl (C=O) groups is 1. The molecule has 0 spiro atoms. The quantitative estimate of drug-likeness (QED) is 0.557. The van der Waals surface area contributed by atoms with Crippen LogP contribution < -0.4 is 5.14 Å². The summed E-state index contributed by atoms with van der Waals surface area (Å²) in [5, 5.41) is 11.1. The maximum Gasteiger partial charge on any atom is 0.360 e. The average molecular weight is 303 g/mol. The lowest BCUT2D eigenvalue weighted by molar-refractivity contribution is 0.0486. The van der Waals surface area contributed by atoms with E-state index in [0.717, 1.165) is 32.1 Å². The topological polar surface area (TPSA) is 115 Å². The van der Waals surface area contributed by atoms with Crippen molar-refractivity contribution in [3.8, 4) is 0 Å². The normalized spacial score (nSPS) is 11.6. The van der Waals surface area contributed by atoms with Gasteiger partial charge in [-0.15, -0.1) is 0 Å². The highest BCUT2D eigenvalue weighted by Gasteiger charge is 2.26. The van der Waals surface area contributed by atoms with Crippen molar-refractivity contribution in [1.82, 2.24) is 10.2 Å². The van der Waals surface area contributed by atoms with Crippen molar-refractivity contribution >= 4 is 16.0 Å². The second-order valence-electron chi connectivity index (χ2n) is 4.62. The van der Waals surface area contributed by atoms with Crippen LogP contribution >= 0.6 is 0 Å². The van der Waals surface area contributed by atoms with Crippen LogP contribution in [0.2, 0.25) is 0 Å². The van der Waals surface area contributed by atoms with Gasteiger partial charge in [0.2, 0.25) is 10.0 Å². The number of esters is 1. The SMILES string of the molecule is CCCCCCCOC(=O)c1n[nH]c(C)c1S(N)(=O)=O. The Labute approximate surface area is 118 Å². The Morgan fingerprint density at radius 3 is 2.55 bits per heavy atom. The summed E-state index contributed by atoms with van der Waals surface area (Å²) in [5.74, 6) is -0.770. The van der Waals surface area contributed by atoms with Gasteiger partial charge >= 0.3 is 5.97 Å². The van der Waals surface area contributed by atoms with E-state index in [9.17, 15) is 13.2 Å². The molecule has 3 N–H and O–H groups in total. The van der Waals surface area contributed by atoms with Crippen LogP contribution in [0.15, 0.2) is 4.90 Å². The average Bonchev–Trinajstić information content (AvgIpc) is 2.75. The number of nitrogens with two attached hydrogens (primary N) is 1. The molecule has 20 heavy (non-hydrogen) atoms. The molecule has 0 saturated heterocycles. The van der Waals surface area contributed by atoms with Crippen molar-refractivity contribution in [2.75, 3.05) is 6.61 Å². The number of ether oxygens (including phenoxy) is 1. The zero-order valence-electron chi connectivity index (χ0n) is 11.8. The molecule has 114 valence electrons. The van der Waals surface area contributed by atoms with E-state index in [2.05, 4.69) is 17.1 Å². The smallest absolute Gasteiger partial charge is 0.360 e. The van der Waals surface area contributed by atoms with Gasteiger partial charge in [-0.1, -0.05) is 32.6 Å². The molecule has 1 rings (SSSR count). The lowest BCUT2D eigenvalue weighted by Crippen LogP contribution is -2.18. The zero-order chi connectivity index (χ0) is 15.2. The Balaban J connectivity index is 2.57. The summed E-state index contributed by atoms with van der Waals surface area (Å²) in [5.41, 5.74) is -0.0547. The lowest BCUT2D eigenvalue weighted by Gasteiger charge is -2.04. The van der Waals surface area contributed by atoms with Crippen LogP contribution in [0.4, 0.5) is 0 Å². The zero-order valence-corrected chi connectivity index (χ0v) is 12.6. The van der Waals surface area contributed by atoms with Crippen LogP contribution in [-0.2, 0) is 14.8 Å². The van der Waals surface area contributed by atoms with Gasteiger partial charge in [-0.25, -0.2) is 18.4 Å². The molecule has 0 saturated carbocycles. The summed E-state index contributed by atoms with van der Waals surface area (Å²) in [6.07, 6.45) is 5.12. The molecule has 7 nitrogen and oxygen atoms in total. The van der Waals surface area contributed by atoms with Crippen molar-refractivity contribution in [1.29, 1.82) is 0 Å². The van der Waals surface area contributed by atoms with Gasteiger partial charge in [-0.2, -0.15) is 5.10 Å². The number of unbranched alkanes of at least 4 members (excludes halogenated alkanes) is 4. The molecule has 1 aromatic rings. The molecule has 0 unspecified atom stereocenters. The molecule has 0 radical (unpaired) electrons. The van der Waals surface area contributed by atoms with Gasteiger partial charge in [-0.3, -0.25) is 5.10 Å². The first-order valence-electron chi connectivity index (χ1n) is 6.62. The Morgan fingerprint density at radius 1 is 1.30 bits per heavy atom. The molecule has 0 bridgehead atoms. The molecule has 0 fully saturated rings. The molecule has 1 aromatic heterocycles. The molecule has 0 amide bonds. The van der Waals surface area contributed by atoms with Crippen LogP contribution in [-0.4, -0.2) is 31.2 Å². The van der Waals surface area contributed by atoms with Gasteiger partial charge in [0.15, 0.2) is 5.69 Å². The van der Waals surface area contributed by atoms with Crippen molar-refractivity contribution in [3.63, 3.8) is 0 Å². The van der Waals surface area contributed by atoms with Crippen LogP contribution in [0.5, 0.6) is 0 Å². The minimum absolute atomic E-state index is 0.224. The predicted octanol–water partition coefficient (Wildman–Crippen LogP) is 1.49. The second kappa shape index (κ2) is 7.39. The summed E-state index contributed by atoms with van der Waals surface area (Å²) in [7, 11) is -4.00. The van der Waals surface area contributed by atoms with E-state index in [1.54, 1.807) is 0 Å². The molecule has 0 aromatic carbocycles. The van der Waals surface area contributed by atoms with Gasteiger partial charge in [0.1, 0.15) is 4.90 Å². The molecule has 0 aliphatic carbocycles. The number of hydrogen-bond acceptors (Lipinski definition) is 5. The number of aryl methyl sites for hydroxylation is 1. The molecule has 0 atom stereocenters. The third-order valence-corrected chi connectivity index (χ3v) is 3.92. The summed E-state index contributed by atoms with van der Waals surface area (Å²) < 4.78 is 27.8. The lowest BCUT2D eigenvalue weighted by atomic mass is 10.2. The molecular formula is C12H21N3O4S. The van der Waals surface area contributed by atoms with Crippen molar-refractivity contribution < 1.29 is 17.9 Å². The van der Waals surface area contributed by atoms with Crippen LogP contribution in [0, 0.1) is 6.92 Å². The predicted molar refractivity (Wildman–Crippen MR) is 73.7 cm³/mol. The second-order valence-corrected chi connectivity index (χ2v) is 6.12. The van der Waals surface area contributed by atoms with E-state index in [1.165, 1.54) is 6.92 Å². The first kappa shape index (κ1) is 16.6. The van der Waals surface area contributed by atoms with E-state index in [1.807, 2.05) is 0 Å². The standard InChI is InChI=1S/C12H21N3O4S/c1-3-4-5-6-7-8-19-12(16)10-11(20(13,17)18)9(2)14-15-10/h3-8H2,1-2H3,(H,14,15)(H2,13,17,18). The van der Waals surface area contributed by atoms with E-state index in [4.69, 9.17) is 9.88 Å². The maximum absolute atomic E-state index is 11.8. The number of sulfonamides is 1. The Hall–Kier alpha value is -1.41. The summed E-state index contributed by atoms with van der Waals surface area (Å²) in [6, 6.07) is 0. The minimum atomic E-state index is -4.00. The summed E-state index contributed by atoms with van der Waals surface area (Å²) in [4.78, 5) is 11.5. The highest BCUT2D eigenvalue weighted by atomic mass is 32.2. The van der Waals surface area contributed by atoms with Crippen LogP contribution in [0.1, 0.15) is 55.2 Å². The Bertz CT molecular complexity index is 551. The van der Waals surface area contributed by atoms with Gasteiger partial charge in [-0.05, 0) is 13.3 Å². The number of rotatable bonds is 8. The van der Waals surface area contributed by atoms with Crippen molar-refractivity contribution in [2.24, 2.45) is 5.14 Å². The fraction of sp³-hybridized carbons (Fsp3) is 0.667. The maximum atomic E-state index is 11.8. The Morgan fingerprint density at radius 2 is 1.95 bits per heavy atom. The molecule has 0 aliphatic heterocycles. The van der Waals surface area contributed by atoms with E-state index >= 15 is 0 Å². The fourth-order valence-corrected chi connectivity index (χ4v) is 2.72. The monoisotopic (exact) mass is 303 g/mol. The summed E-state index contributed by atoms with van der Waals surface area (Å²) in [6.45, 7) is 3.85. The highest BCUT2D eigenvalue weighted by molar-refractivity contribution is 7.89. The number of aromatic amines is 1. The number of aromatic nitrogens is 2. The molecule has 8 heteroatoms. The van der Waals surface area contributed by atoms with Gasteiger partial charge in [0.05, 0.1) is 12.3 Å². The largest absolute Gasteiger partial charge is 0.461 e. The molecular weight excluding hydrogens is 282 g/mol. The molecule has 0 aliphatic rings. The number of H-pyrrole nitrogens is 1. The number of nitrogens with zero attached hydrogens (tertiary/aromatic N) is 1.